The fraction of sp³-hybridized carbons (Fsp3) is 0.278. The predicted octanol–water partition coefficient (Wildman–Crippen LogP) is 3.07. The first-order valence-electron chi connectivity index (χ1n) is 7.46. The summed E-state index contributed by atoms with van der Waals surface area (Å²) >= 11 is 5.86. The van der Waals surface area contributed by atoms with Crippen molar-refractivity contribution in [2.75, 3.05) is 20.1 Å². The van der Waals surface area contributed by atoms with E-state index in [0.717, 1.165) is 41.1 Å². The van der Waals surface area contributed by atoms with Crippen LogP contribution >= 0.6 is 11.6 Å². The van der Waals surface area contributed by atoms with Gasteiger partial charge in [-0.15, -0.1) is 0 Å². The lowest BCUT2D eigenvalue weighted by atomic mass is 10.0. The topological polar surface area (TPSA) is 41.1 Å². The number of nitrogens with one attached hydrogen (secondary N) is 2. The smallest absolute Gasteiger partial charge is 0.251 e. The molecule has 0 radical (unpaired) electrons. The van der Waals surface area contributed by atoms with E-state index in [0.29, 0.717) is 6.54 Å². The van der Waals surface area contributed by atoms with Gasteiger partial charge >= 0.3 is 0 Å². The van der Waals surface area contributed by atoms with Crippen LogP contribution in [0.25, 0.3) is 0 Å². The van der Waals surface area contributed by atoms with Crippen LogP contribution in [0.4, 0.5) is 0 Å². The van der Waals surface area contributed by atoms with Crippen molar-refractivity contribution in [2.45, 2.75) is 12.8 Å². The molecule has 0 saturated heterocycles. The van der Waals surface area contributed by atoms with Gasteiger partial charge in [0, 0.05) is 17.1 Å². The zero-order chi connectivity index (χ0) is 15.8. The minimum atomic E-state index is -0.0133. The molecule has 0 aliphatic rings. The van der Waals surface area contributed by atoms with Gasteiger partial charge < -0.3 is 10.6 Å². The Balaban J connectivity index is 1.90. The van der Waals surface area contributed by atoms with Gasteiger partial charge in [-0.25, -0.2) is 0 Å². The Morgan fingerprint density at radius 2 is 1.73 bits per heavy atom. The Kier molecular flexibility index (Phi) is 6.44. The highest BCUT2D eigenvalue weighted by Gasteiger charge is 2.09. The van der Waals surface area contributed by atoms with E-state index in [-0.39, 0.29) is 5.91 Å². The first-order chi connectivity index (χ1) is 10.7. The Hall–Kier alpha value is -1.84. The van der Waals surface area contributed by atoms with Gasteiger partial charge in [-0.05, 0) is 55.8 Å². The fourth-order valence-corrected chi connectivity index (χ4v) is 2.41. The summed E-state index contributed by atoms with van der Waals surface area (Å²) in [6.07, 6.45) is 1.64. The highest BCUT2D eigenvalue weighted by atomic mass is 35.5. The molecule has 0 fully saturated rings. The molecule has 0 aliphatic heterocycles. The number of hydrogen-bond donors (Lipinski definition) is 2. The molecule has 22 heavy (non-hydrogen) atoms. The van der Waals surface area contributed by atoms with Gasteiger partial charge in [0.1, 0.15) is 0 Å². The largest absolute Gasteiger partial charge is 0.352 e. The summed E-state index contributed by atoms with van der Waals surface area (Å²) in [5.74, 6) is -0.0133. The van der Waals surface area contributed by atoms with Gasteiger partial charge in [-0.1, -0.05) is 41.9 Å². The van der Waals surface area contributed by atoms with Crippen LogP contribution in [0.1, 0.15) is 21.5 Å². The van der Waals surface area contributed by atoms with Crippen molar-refractivity contribution in [3.8, 4) is 0 Å². The van der Waals surface area contributed by atoms with Crippen LogP contribution in [-0.4, -0.2) is 26.0 Å². The molecule has 0 saturated carbocycles. The summed E-state index contributed by atoms with van der Waals surface area (Å²) in [5.41, 5.74) is 2.99. The summed E-state index contributed by atoms with van der Waals surface area (Å²) in [6, 6.07) is 15.4. The summed E-state index contributed by atoms with van der Waals surface area (Å²) in [4.78, 5) is 12.3. The third kappa shape index (κ3) is 4.86. The van der Waals surface area contributed by atoms with Gasteiger partial charge in [0.15, 0.2) is 0 Å². The van der Waals surface area contributed by atoms with E-state index in [1.807, 2.05) is 55.6 Å². The maximum atomic E-state index is 12.3. The van der Waals surface area contributed by atoms with Crippen LogP contribution in [0.3, 0.4) is 0 Å². The first-order valence-corrected chi connectivity index (χ1v) is 7.83. The highest BCUT2D eigenvalue weighted by molar-refractivity contribution is 6.30. The molecule has 116 valence electrons. The molecule has 2 N–H and O–H groups in total. The number of rotatable bonds is 7. The van der Waals surface area contributed by atoms with Crippen LogP contribution in [-0.2, 0) is 12.8 Å². The Labute approximate surface area is 136 Å². The molecule has 2 rings (SSSR count). The van der Waals surface area contributed by atoms with E-state index in [4.69, 9.17) is 11.6 Å². The maximum absolute atomic E-state index is 12.3. The van der Waals surface area contributed by atoms with Crippen LogP contribution in [0.2, 0.25) is 5.02 Å². The molecular formula is C18H21ClN2O. The number of halogens is 1. The molecule has 0 aromatic heterocycles. The number of benzene rings is 2. The van der Waals surface area contributed by atoms with Gasteiger partial charge in [-0.3, -0.25) is 4.79 Å². The summed E-state index contributed by atoms with van der Waals surface area (Å²) < 4.78 is 0. The molecule has 2 aromatic carbocycles. The highest BCUT2D eigenvalue weighted by Crippen LogP contribution is 2.11. The van der Waals surface area contributed by atoms with E-state index in [2.05, 4.69) is 10.6 Å². The van der Waals surface area contributed by atoms with Gasteiger partial charge in [-0.2, -0.15) is 0 Å². The van der Waals surface area contributed by atoms with E-state index in [1.165, 1.54) is 0 Å². The standard InChI is InChI=1S/C18H21ClN2O/c1-20-12-11-15-4-2-3-5-17(15)18(22)21-13-10-14-6-8-16(19)9-7-14/h2-9,20H,10-13H2,1H3,(H,21,22). The number of amides is 1. The van der Waals surface area contributed by atoms with Crippen LogP contribution in [0.15, 0.2) is 48.5 Å². The number of carbonyl (C=O) groups excluding carboxylic acids is 1. The second-order valence-electron chi connectivity index (χ2n) is 5.14. The minimum absolute atomic E-state index is 0.0133. The van der Waals surface area contributed by atoms with E-state index >= 15 is 0 Å². The summed E-state index contributed by atoms with van der Waals surface area (Å²) in [7, 11) is 1.91. The predicted molar refractivity (Wildman–Crippen MR) is 91.6 cm³/mol. The lowest BCUT2D eigenvalue weighted by molar-refractivity contribution is 0.0953. The third-order valence-electron chi connectivity index (χ3n) is 3.52. The average Bonchev–Trinajstić information content (AvgIpc) is 2.55. The lowest BCUT2D eigenvalue weighted by Crippen LogP contribution is -2.27. The molecule has 0 unspecified atom stereocenters. The quantitative estimate of drug-likeness (QED) is 0.824. The van der Waals surface area contributed by atoms with E-state index < -0.39 is 0 Å². The van der Waals surface area contributed by atoms with Crippen LogP contribution < -0.4 is 10.6 Å². The molecular weight excluding hydrogens is 296 g/mol. The summed E-state index contributed by atoms with van der Waals surface area (Å²) in [6.45, 7) is 1.47. The normalized spacial score (nSPS) is 10.5. The first kappa shape index (κ1) is 16.5. The zero-order valence-electron chi connectivity index (χ0n) is 12.7. The van der Waals surface area contributed by atoms with Crippen molar-refractivity contribution in [3.63, 3.8) is 0 Å². The van der Waals surface area contributed by atoms with Crippen molar-refractivity contribution in [1.29, 1.82) is 0 Å². The SMILES string of the molecule is CNCCc1ccccc1C(=O)NCCc1ccc(Cl)cc1. The number of likely N-dealkylation sites (N-methyl/N-ethyl adjacent to an activating group) is 1. The lowest BCUT2D eigenvalue weighted by Gasteiger charge is -2.10. The summed E-state index contributed by atoms with van der Waals surface area (Å²) in [5, 5.41) is 6.82. The molecule has 4 heteroatoms. The van der Waals surface area contributed by atoms with E-state index in [1.54, 1.807) is 0 Å². The van der Waals surface area contributed by atoms with Crippen LogP contribution in [0, 0.1) is 0 Å². The second kappa shape index (κ2) is 8.57. The second-order valence-corrected chi connectivity index (χ2v) is 5.58. The fourth-order valence-electron chi connectivity index (χ4n) is 2.29. The molecule has 0 atom stereocenters. The molecule has 0 heterocycles. The van der Waals surface area contributed by atoms with Gasteiger partial charge in [0.2, 0.25) is 0 Å². The van der Waals surface area contributed by atoms with Gasteiger partial charge in [0.25, 0.3) is 5.91 Å². The third-order valence-corrected chi connectivity index (χ3v) is 3.77. The molecule has 0 aliphatic carbocycles. The molecule has 2 aromatic rings. The van der Waals surface area contributed by atoms with Crippen molar-refractivity contribution >= 4 is 17.5 Å². The number of carbonyl (C=O) groups is 1. The Morgan fingerprint density at radius 1 is 1.00 bits per heavy atom. The van der Waals surface area contributed by atoms with Crippen molar-refractivity contribution in [2.24, 2.45) is 0 Å². The molecule has 0 spiro atoms. The minimum Gasteiger partial charge on any atom is -0.352 e. The van der Waals surface area contributed by atoms with Crippen LogP contribution in [0.5, 0.6) is 0 Å². The van der Waals surface area contributed by atoms with E-state index in [9.17, 15) is 4.79 Å². The number of hydrogen-bond acceptors (Lipinski definition) is 2. The average molecular weight is 317 g/mol. The Morgan fingerprint density at radius 3 is 2.45 bits per heavy atom. The van der Waals surface area contributed by atoms with Crippen molar-refractivity contribution in [3.05, 3.63) is 70.2 Å². The monoisotopic (exact) mass is 316 g/mol. The molecule has 1 amide bonds. The Bertz CT molecular complexity index is 611. The zero-order valence-corrected chi connectivity index (χ0v) is 13.5. The van der Waals surface area contributed by atoms with Crippen molar-refractivity contribution in [1.82, 2.24) is 10.6 Å². The van der Waals surface area contributed by atoms with Crippen molar-refractivity contribution < 1.29 is 4.79 Å². The van der Waals surface area contributed by atoms with Gasteiger partial charge in [0.05, 0.1) is 0 Å². The molecule has 0 bridgehead atoms. The molecule has 3 nitrogen and oxygen atoms in total. The maximum Gasteiger partial charge on any atom is 0.251 e.